The van der Waals surface area contributed by atoms with Gasteiger partial charge in [0.15, 0.2) is 9.84 Å². The van der Waals surface area contributed by atoms with E-state index in [0.29, 0.717) is 24.0 Å². The number of rotatable bonds is 9. The first-order valence-electron chi connectivity index (χ1n) is 12.8. The summed E-state index contributed by atoms with van der Waals surface area (Å²) in [6, 6.07) is 8.30. The molecule has 3 rings (SSSR count). The summed E-state index contributed by atoms with van der Waals surface area (Å²) in [5.41, 5.74) is 1.44. The zero-order chi connectivity index (χ0) is 24.4. The van der Waals surface area contributed by atoms with Crippen LogP contribution in [-0.4, -0.2) is 24.7 Å². The minimum Gasteiger partial charge on any atom is -0.299 e. The minimum absolute atomic E-state index is 0.0931. The van der Waals surface area contributed by atoms with Crippen molar-refractivity contribution in [2.75, 3.05) is 5.75 Å². The van der Waals surface area contributed by atoms with Crippen LogP contribution in [0.2, 0.25) is 5.02 Å². The first kappa shape index (κ1) is 26.7. The molecule has 0 saturated heterocycles. The number of sulfone groups is 1. The molecule has 1 aromatic carbocycles. The summed E-state index contributed by atoms with van der Waals surface area (Å²) in [4.78, 5) is 13.5. The van der Waals surface area contributed by atoms with Gasteiger partial charge in [0.1, 0.15) is 5.78 Å². The molecule has 0 aromatic heterocycles. The Balaban J connectivity index is 1.66. The lowest BCUT2D eigenvalue weighted by atomic mass is 9.54. The molecular formula is C28H43ClO3S. The molecule has 2 aliphatic rings. The first-order valence-corrected chi connectivity index (χ1v) is 14.9. The smallest absolute Gasteiger partial charge is 0.155 e. The Morgan fingerprint density at radius 1 is 1.06 bits per heavy atom. The molecule has 186 valence electrons. The van der Waals surface area contributed by atoms with Crippen LogP contribution in [0.5, 0.6) is 0 Å². The maximum absolute atomic E-state index is 13.5. The van der Waals surface area contributed by atoms with Gasteiger partial charge in [-0.25, -0.2) is 8.42 Å². The quantitative estimate of drug-likeness (QED) is 0.359. The van der Waals surface area contributed by atoms with Crippen molar-refractivity contribution in [2.45, 2.75) is 103 Å². The molecule has 0 bridgehead atoms. The van der Waals surface area contributed by atoms with Crippen molar-refractivity contribution < 1.29 is 13.2 Å². The summed E-state index contributed by atoms with van der Waals surface area (Å²) >= 11 is 6.16. The maximum Gasteiger partial charge on any atom is 0.155 e. The Hall–Kier alpha value is -0.870. The SMILES string of the molecule is CC(C)CC(CC(=O)C1CCC(CS(=O)(=O)C(C)(C)C)CC1)C1(c2ccc(Cl)cc2)CCC1. The van der Waals surface area contributed by atoms with E-state index in [-0.39, 0.29) is 23.0 Å². The number of benzene rings is 1. The number of hydrogen-bond acceptors (Lipinski definition) is 3. The van der Waals surface area contributed by atoms with Gasteiger partial charge in [0.2, 0.25) is 0 Å². The van der Waals surface area contributed by atoms with E-state index in [0.717, 1.165) is 50.0 Å². The third-order valence-electron chi connectivity index (χ3n) is 8.34. The van der Waals surface area contributed by atoms with E-state index in [1.165, 1.54) is 12.0 Å². The number of carbonyl (C=O) groups is 1. The molecule has 2 saturated carbocycles. The van der Waals surface area contributed by atoms with Gasteiger partial charge in [0.05, 0.1) is 10.5 Å². The average molecular weight is 495 g/mol. The molecule has 0 radical (unpaired) electrons. The van der Waals surface area contributed by atoms with Crippen LogP contribution in [0.25, 0.3) is 0 Å². The summed E-state index contributed by atoms with van der Waals surface area (Å²) in [5, 5.41) is 0.759. The number of ketones is 1. The summed E-state index contributed by atoms with van der Waals surface area (Å²) in [7, 11) is -3.11. The Morgan fingerprint density at radius 3 is 2.09 bits per heavy atom. The fraction of sp³-hybridized carbons (Fsp3) is 0.750. The number of halogens is 1. The van der Waals surface area contributed by atoms with E-state index in [1.54, 1.807) is 20.8 Å². The molecule has 0 heterocycles. The summed E-state index contributed by atoms with van der Waals surface area (Å²) in [6.45, 7) is 9.86. The van der Waals surface area contributed by atoms with E-state index in [4.69, 9.17) is 11.6 Å². The van der Waals surface area contributed by atoms with Gasteiger partial charge in [-0.05, 0) is 107 Å². The first-order chi connectivity index (χ1) is 15.3. The van der Waals surface area contributed by atoms with Crippen molar-refractivity contribution >= 4 is 27.2 Å². The lowest BCUT2D eigenvalue weighted by Crippen LogP contribution is -2.44. The van der Waals surface area contributed by atoms with Gasteiger partial charge >= 0.3 is 0 Å². The molecule has 1 aromatic rings. The highest BCUT2D eigenvalue weighted by molar-refractivity contribution is 7.92. The van der Waals surface area contributed by atoms with Crippen molar-refractivity contribution in [2.24, 2.45) is 23.7 Å². The normalized spacial score (nSPS) is 24.3. The van der Waals surface area contributed by atoms with Gasteiger partial charge in [-0.2, -0.15) is 0 Å². The van der Waals surface area contributed by atoms with E-state index < -0.39 is 14.6 Å². The summed E-state index contributed by atoms with van der Waals surface area (Å²) < 4.78 is 24.5. The van der Waals surface area contributed by atoms with Gasteiger partial charge in [-0.1, -0.05) is 44.0 Å². The second-order valence-corrected chi connectivity index (χ2v) is 15.3. The Labute approximate surface area is 207 Å². The third kappa shape index (κ3) is 6.23. The standard InChI is InChI=1S/C28H43ClO3S/c1-20(2)17-24(28(15-6-16-28)23-11-13-25(29)14-12-23)18-26(30)22-9-7-21(8-10-22)19-33(31,32)27(3,4)5/h11-14,20-22,24H,6-10,15-19H2,1-5H3. The van der Waals surface area contributed by atoms with Crippen molar-refractivity contribution in [1.82, 2.24) is 0 Å². The Bertz CT molecular complexity index is 899. The van der Waals surface area contributed by atoms with Gasteiger partial charge in [-0.15, -0.1) is 0 Å². The number of carbonyl (C=O) groups excluding carboxylic acids is 1. The molecule has 33 heavy (non-hydrogen) atoms. The number of Topliss-reactive ketones (excluding diaryl/α,β-unsaturated/α-hetero) is 1. The average Bonchev–Trinajstić information content (AvgIpc) is 2.67. The van der Waals surface area contributed by atoms with E-state index >= 15 is 0 Å². The molecule has 0 amide bonds. The molecular weight excluding hydrogens is 452 g/mol. The van der Waals surface area contributed by atoms with Gasteiger partial charge in [0.25, 0.3) is 0 Å². The Kier molecular flexibility index (Phi) is 8.42. The molecule has 5 heteroatoms. The van der Waals surface area contributed by atoms with Gasteiger partial charge in [0, 0.05) is 17.4 Å². The zero-order valence-electron chi connectivity index (χ0n) is 21.2. The molecule has 0 spiro atoms. The molecule has 1 atom stereocenters. The molecule has 2 fully saturated rings. The van der Waals surface area contributed by atoms with E-state index in [1.807, 2.05) is 12.1 Å². The third-order valence-corrected chi connectivity index (χ3v) is 11.4. The van der Waals surface area contributed by atoms with Crippen molar-refractivity contribution in [3.05, 3.63) is 34.9 Å². The van der Waals surface area contributed by atoms with Crippen molar-refractivity contribution in [3.8, 4) is 0 Å². The van der Waals surface area contributed by atoms with Crippen LogP contribution in [0.1, 0.15) is 98.0 Å². The van der Waals surface area contributed by atoms with Gasteiger partial charge < -0.3 is 0 Å². The highest BCUT2D eigenvalue weighted by Crippen LogP contribution is 2.53. The second-order valence-electron chi connectivity index (χ2n) is 12.1. The van der Waals surface area contributed by atoms with Crippen molar-refractivity contribution in [3.63, 3.8) is 0 Å². The van der Waals surface area contributed by atoms with Crippen molar-refractivity contribution in [1.29, 1.82) is 0 Å². The van der Waals surface area contributed by atoms with Crippen LogP contribution in [0.15, 0.2) is 24.3 Å². The van der Waals surface area contributed by atoms with Crippen LogP contribution in [0.3, 0.4) is 0 Å². The lowest BCUT2D eigenvalue weighted by Gasteiger charge is -2.49. The summed E-state index contributed by atoms with van der Waals surface area (Å²) in [6.07, 6.45) is 8.61. The van der Waals surface area contributed by atoms with Crippen LogP contribution >= 0.6 is 11.6 Å². The second kappa shape index (κ2) is 10.4. The predicted octanol–water partition coefficient (Wildman–Crippen LogP) is 7.40. The molecule has 2 aliphatic carbocycles. The predicted molar refractivity (Wildman–Crippen MR) is 139 cm³/mol. The monoisotopic (exact) mass is 494 g/mol. The topological polar surface area (TPSA) is 51.2 Å². The zero-order valence-corrected chi connectivity index (χ0v) is 22.8. The molecule has 0 N–H and O–H groups in total. The number of hydrogen-bond donors (Lipinski definition) is 0. The highest BCUT2D eigenvalue weighted by Gasteiger charge is 2.46. The van der Waals surface area contributed by atoms with Crippen LogP contribution in [0, 0.1) is 23.7 Å². The largest absolute Gasteiger partial charge is 0.299 e. The highest BCUT2D eigenvalue weighted by atomic mass is 35.5. The van der Waals surface area contributed by atoms with Gasteiger partial charge in [-0.3, -0.25) is 4.79 Å². The van der Waals surface area contributed by atoms with E-state index in [9.17, 15) is 13.2 Å². The fourth-order valence-corrected chi connectivity index (χ4v) is 7.55. The fourth-order valence-electron chi connectivity index (χ4n) is 5.97. The lowest BCUT2D eigenvalue weighted by molar-refractivity contribution is -0.126. The molecule has 0 aliphatic heterocycles. The Morgan fingerprint density at radius 2 is 1.64 bits per heavy atom. The maximum atomic E-state index is 13.5. The minimum atomic E-state index is -3.11. The van der Waals surface area contributed by atoms with Crippen LogP contribution in [-0.2, 0) is 20.0 Å². The van der Waals surface area contributed by atoms with Crippen LogP contribution in [0.4, 0.5) is 0 Å². The van der Waals surface area contributed by atoms with E-state index in [2.05, 4.69) is 26.0 Å². The summed E-state index contributed by atoms with van der Waals surface area (Å²) in [5.74, 6) is 1.85. The molecule has 3 nitrogen and oxygen atoms in total. The molecule has 1 unspecified atom stereocenters. The van der Waals surface area contributed by atoms with Crippen LogP contribution < -0.4 is 0 Å².